The van der Waals surface area contributed by atoms with E-state index in [0.29, 0.717) is 5.82 Å². The zero-order valence-electron chi connectivity index (χ0n) is 12.1. The summed E-state index contributed by atoms with van der Waals surface area (Å²) >= 11 is 0. The monoisotopic (exact) mass is 283 g/mol. The average molecular weight is 283 g/mol. The molecule has 2 aromatic heterocycles. The van der Waals surface area contributed by atoms with Gasteiger partial charge in [0.1, 0.15) is 12.4 Å². The van der Waals surface area contributed by atoms with Gasteiger partial charge in [0.25, 0.3) is 0 Å². The van der Waals surface area contributed by atoms with E-state index < -0.39 is 0 Å². The fraction of sp³-hybridized carbons (Fsp3) is 0.267. The van der Waals surface area contributed by atoms with E-state index in [1.165, 1.54) is 0 Å². The SMILES string of the molecule is CCn1nc(NC(=O)Cn2ccnc2C)c2ccccc21. The highest BCUT2D eigenvalue weighted by atomic mass is 16.2. The van der Waals surface area contributed by atoms with Gasteiger partial charge in [-0.15, -0.1) is 0 Å². The number of amides is 1. The lowest BCUT2D eigenvalue weighted by atomic mass is 10.2. The van der Waals surface area contributed by atoms with E-state index in [1.54, 1.807) is 17.0 Å². The number of carbonyl (C=O) groups excluding carboxylic acids is 1. The molecule has 1 N–H and O–H groups in total. The highest BCUT2D eigenvalue weighted by molar-refractivity contribution is 5.99. The van der Waals surface area contributed by atoms with Crippen LogP contribution in [0.5, 0.6) is 0 Å². The molecule has 21 heavy (non-hydrogen) atoms. The second kappa shape index (κ2) is 5.40. The van der Waals surface area contributed by atoms with Crippen molar-refractivity contribution in [3.8, 4) is 0 Å². The van der Waals surface area contributed by atoms with Crippen molar-refractivity contribution in [2.24, 2.45) is 0 Å². The number of carbonyl (C=O) groups is 1. The van der Waals surface area contributed by atoms with E-state index in [0.717, 1.165) is 23.3 Å². The summed E-state index contributed by atoms with van der Waals surface area (Å²) < 4.78 is 3.68. The van der Waals surface area contributed by atoms with Crippen molar-refractivity contribution in [2.45, 2.75) is 26.9 Å². The summed E-state index contributed by atoms with van der Waals surface area (Å²) in [6, 6.07) is 7.88. The molecule has 0 aliphatic carbocycles. The Bertz CT molecular complexity index is 786. The minimum Gasteiger partial charge on any atom is -0.326 e. The molecule has 0 unspecified atom stereocenters. The average Bonchev–Trinajstić information content (AvgIpc) is 3.04. The van der Waals surface area contributed by atoms with Gasteiger partial charge < -0.3 is 9.88 Å². The topological polar surface area (TPSA) is 64.7 Å². The molecular weight excluding hydrogens is 266 g/mol. The molecule has 2 heterocycles. The number of rotatable bonds is 4. The summed E-state index contributed by atoms with van der Waals surface area (Å²) in [4.78, 5) is 16.3. The van der Waals surface area contributed by atoms with Crippen LogP contribution in [0.25, 0.3) is 10.9 Å². The van der Waals surface area contributed by atoms with Crippen molar-refractivity contribution in [3.05, 3.63) is 42.5 Å². The summed E-state index contributed by atoms with van der Waals surface area (Å²) in [5.41, 5.74) is 1.02. The molecule has 0 fully saturated rings. The van der Waals surface area contributed by atoms with Crippen LogP contribution in [0.2, 0.25) is 0 Å². The number of nitrogens with one attached hydrogen (secondary N) is 1. The van der Waals surface area contributed by atoms with Gasteiger partial charge in [0.15, 0.2) is 5.82 Å². The van der Waals surface area contributed by atoms with Crippen molar-refractivity contribution in [2.75, 3.05) is 5.32 Å². The zero-order valence-corrected chi connectivity index (χ0v) is 12.1. The fourth-order valence-electron chi connectivity index (χ4n) is 2.36. The number of aryl methyl sites for hydroxylation is 2. The van der Waals surface area contributed by atoms with Gasteiger partial charge in [-0.05, 0) is 26.0 Å². The second-order valence-electron chi connectivity index (χ2n) is 4.83. The zero-order chi connectivity index (χ0) is 14.8. The van der Waals surface area contributed by atoms with Crippen LogP contribution in [-0.4, -0.2) is 25.2 Å². The number of imidazole rings is 1. The van der Waals surface area contributed by atoms with E-state index in [1.807, 2.05) is 42.8 Å². The third kappa shape index (κ3) is 2.52. The van der Waals surface area contributed by atoms with Crippen LogP contribution in [0, 0.1) is 6.92 Å². The van der Waals surface area contributed by atoms with Crippen LogP contribution in [0.15, 0.2) is 36.7 Å². The number of anilines is 1. The van der Waals surface area contributed by atoms with Crippen LogP contribution in [-0.2, 0) is 17.9 Å². The molecule has 6 heteroatoms. The summed E-state index contributed by atoms with van der Waals surface area (Å²) in [7, 11) is 0. The first-order valence-electron chi connectivity index (χ1n) is 6.92. The molecule has 3 rings (SSSR count). The summed E-state index contributed by atoms with van der Waals surface area (Å²) in [6.07, 6.45) is 3.47. The Morgan fingerprint density at radius 1 is 1.33 bits per heavy atom. The van der Waals surface area contributed by atoms with Gasteiger partial charge in [-0.2, -0.15) is 5.10 Å². The van der Waals surface area contributed by atoms with Crippen molar-refractivity contribution >= 4 is 22.6 Å². The van der Waals surface area contributed by atoms with Gasteiger partial charge in [0, 0.05) is 24.3 Å². The molecular formula is C15H17N5O. The summed E-state index contributed by atoms with van der Waals surface area (Å²) in [5, 5.41) is 8.30. The molecule has 0 atom stereocenters. The minimum atomic E-state index is -0.109. The molecule has 108 valence electrons. The molecule has 3 aromatic rings. The van der Waals surface area contributed by atoms with Crippen molar-refractivity contribution in [3.63, 3.8) is 0 Å². The third-order valence-electron chi connectivity index (χ3n) is 3.45. The van der Waals surface area contributed by atoms with E-state index in [2.05, 4.69) is 15.4 Å². The Balaban J connectivity index is 1.85. The maximum Gasteiger partial charge on any atom is 0.245 e. The van der Waals surface area contributed by atoms with Crippen LogP contribution in [0.3, 0.4) is 0 Å². The number of hydrogen-bond acceptors (Lipinski definition) is 3. The largest absolute Gasteiger partial charge is 0.326 e. The molecule has 0 aliphatic heterocycles. The normalized spacial score (nSPS) is 11.0. The number of para-hydroxylation sites is 1. The van der Waals surface area contributed by atoms with Gasteiger partial charge in [0.2, 0.25) is 5.91 Å². The van der Waals surface area contributed by atoms with Gasteiger partial charge in [-0.25, -0.2) is 4.98 Å². The molecule has 0 bridgehead atoms. The number of aromatic nitrogens is 4. The first-order valence-corrected chi connectivity index (χ1v) is 6.92. The molecule has 0 saturated heterocycles. The lowest BCUT2D eigenvalue weighted by Crippen LogP contribution is -2.19. The molecule has 1 amide bonds. The number of nitrogens with zero attached hydrogens (tertiary/aromatic N) is 4. The van der Waals surface area contributed by atoms with Crippen molar-refractivity contribution in [1.82, 2.24) is 19.3 Å². The standard InChI is InChI=1S/C15H17N5O/c1-3-20-13-7-5-4-6-12(13)15(18-20)17-14(21)10-19-9-8-16-11(19)2/h4-9H,3,10H2,1-2H3,(H,17,18,21). The van der Waals surface area contributed by atoms with E-state index >= 15 is 0 Å². The van der Waals surface area contributed by atoms with Gasteiger partial charge in [-0.1, -0.05) is 12.1 Å². The Morgan fingerprint density at radius 2 is 2.14 bits per heavy atom. The first kappa shape index (κ1) is 13.4. The highest BCUT2D eigenvalue weighted by Crippen LogP contribution is 2.22. The number of hydrogen-bond donors (Lipinski definition) is 1. The molecule has 0 radical (unpaired) electrons. The Morgan fingerprint density at radius 3 is 2.86 bits per heavy atom. The maximum atomic E-state index is 12.2. The number of fused-ring (bicyclic) bond motifs is 1. The summed E-state index contributed by atoms with van der Waals surface area (Å²) in [5.74, 6) is 1.31. The Hall–Kier alpha value is -2.63. The van der Waals surface area contributed by atoms with E-state index in [9.17, 15) is 4.79 Å². The lowest BCUT2D eigenvalue weighted by Gasteiger charge is -2.05. The third-order valence-corrected chi connectivity index (χ3v) is 3.45. The predicted molar refractivity (Wildman–Crippen MR) is 81.0 cm³/mol. The number of benzene rings is 1. The van der Waals surface area contributed by atoms with Crippen molar-refractivity contribution in [1.29, 1.82) is 0 Å². The Kier molecular flexibility index (Phi) is 3.43. The summed E-state index contributed by atoms with van der Waals surface area (Å²) in [6.45, 7) is 4.89. The lowest BCUT2D eigenvalue weighted by molar-refractivity contribution is -0.116. The second-order valence-corrected chi connectivity index (χ2v) is 4.83. The minimum absolute atomic E-state index is 0.109. The quantitative estimate of drug-likeness (QED) is 0.798. The highest BCUT2D eigenvalue weighted by Gasteiger charge is 2.12. The van der Waals surface area contributed by atoms with E-state index in [-0.39, 0.29) is 12.5 Å². The molecule has 0 saturated carbocycles. The fourth-order valence-corrected chi connectivity index (χ4v) is 2.36. The van der Waals surface area contributed by atoms with Crippen LogP contribution < -0.4 is 5.32 Å². The molecule has 1 aromatic carbocycles. The van der Waals surface area contributed by atoms with Gasteiger partial charge >= 0.3 is 0 Å². The van der Waals surface area contributed by atoms with Gasteiger partial charge in [-0.3, -0.25) is 9.48 Å². The van der Waals surface area contributed by atoms with Crippen molar-refractivity contribution < 1.29 is 4.79 Å². The van der Waals surface area contributed by atoms with E-state index in [4.69, 9.17) is 0 Å². The smallest absolute Gasteiger partial charge is 0.245 e. The molecule has 0 spiro atoms. The first-order chi connectivity index (χ1) is 10.2. The Labute approximate surface area is 122 Å². The maximum absolute atomic E-state index is 12.2. The van der Waals surface area contributed by atoms with Gasteiger partial charge in [0.05, 0.1) is 5.52 Å². The van der Waals surface area contributed by atoms with Crippen LogP contribution >= 0.6 is 0 Å². The molecule has 0 aliphatic rings. The molecule has 6 nitrogen and oxygen atoms in total. The van der Waals surface area contributed by atoms with Crippen LogP contribution in [0.1, 0.15) is 12.7 Å². The van der Waals surface area contributed by atoms with Crippen LogP contribution in [0.4, 0.5) is 5.82 Å². The predicted octanol–water partition coefficient (Wildman–Crippen LogP) is 2.20.